The van der Waals surface area contributed by atoms with Gasteiger partial charge < -0.3 is 20.7 Å². The number of rotatable bonds is 7. The number of carbonyl (C=O) groups is 2. The Morgan fingerprint density at radius 1 is 1.23 bits per heavy atom. The van der Waals surface area contributed by atoms with E-state index in [0.717, 1.165) is 24.1 Å². The number of alkyl carbamates (subject to hydrolysis) is 1. The van der Waals surface area contributed by atoms with Crippen LogP contribution in [-0.4, -0.2) is 40.9 Å². The lowest BCUT2D eigenvalue weighted by molar-refractivity contribution is -0.121. The van der Waals surface area contributed by atoms with Crippen LogP contribution in [0.3, 0.4) is 0 Å². The molecule has 0 unspecified atom stereocenters. The Balaban J connectivity index is 1.34. The Hall–Kier alpha value is -3.03. The number of benzene rings is 1. The van der Waals surface area contributed by atoms with Gasteiger partial charge in [0.25, 0.3) is 0 Å². The van der Waals surface area contributed by atoms with Crippen LogP contribution in [0.15, 0.2) is 42.7 Å². The maximum absolute atomic E-state index is 11.8. The van der Waals surface area contributed by atoms with Crippen molar-refractivity contribution in [3.05, 3.63) is 48.3 Å². The van der Waals surface area contributed by atoms with E-state index in [1.54, 1.807) is 24.1 Å². The van der Waals surface area contributed by atoms with Gasteiger partial charge in [-0.2, -0.15) is 5.10 Å². The van der Waals surface area contributed by atoms with E-state index >= 15 is 0 Å². The average Bonchev–Trinajstić information content (AvgIpc) is 3.06. The van der Waals surface area contributed by atoms with Crippen molar-refractivity contribution in [2.45, 2.75) is 38.1 Å². The number of aromatic nitrogens is 2. The Kier molecular flexibility index (Phi) is 5.73. The summed E-state index contributed by atoms with van der Waals surface area (Å²) >= 11 is 0. The molecule has 138 valence electrons. The van der Waals surface area contributed by atoms with Crippen molar-refractivity contribution < 1.29 is 14.3 Å². The zero-order valence-electron chi connectivity index (χ0n) is 14.6. The molecule has 1 aliphatic rings. The number of likely N-dealkylation sites (N-methyl/N-ethyl adjacent to an activating group) is 1. The second kappa shape index (κ2) is 8.37. The molecule has 1 aliphatic carbocycles. The lowest BCUT2D eigenvalue weighted by atomic mass is 9.87. The largest absolute Gasteiger partial charge is 0.445 e. The highest BCUT2D eigenvalue weighted by Crippen LogP contribution is 2.24. The van der Waals surface area contributed by atoms with Crippen molar-refractivity contribution in [2.24, 2.45) is 0 Å². The molecule has 3 rings (SSSR count). The molecule has 1 fully saturated rings. The Morgan fingerprint density at radius 2 is 2.00 bits per heavy atom. The first-order chi connectivity index (χ1) is 12.6. The monoisotopic (exact) mass is 357 g/mol. The highest BCUT2D eigenvalue weighted by Gasteiger charge is 2.30. The topological polar surface area (TPSA) is 97.3 Å². The Labute approximate surface area is 151 Å². The fraction of sp³-hybridized carbons (Fsp3) is 0.389. The molecule has 1 aromatic heterocycles. The third kappa shape index (κ3) is 4.98. The van der Waals surface area contributed by atoms with Crippen molar-refractivity contribution in [3.8, 4) is 0 Å². The van der Waals surface area contributed by atoms with Crippen LogP contribution in [0.25, 0.3) is 0 Å². The minimum absolute atomic E-state index is 0.0958. The van der Waals surface area contributed by atoms with E-state index in [1.165, 1.54) is 0 Å². The van der Waals surface area contributed by atoms with Crippen LogP contribution < -0.4 is 16.0 Å². The van der Waals surface area contributed by atoms with Crippen molar-refractivity contribution in [1.82, 2.24) is 20.4 Å². The summed E-state index contributed by atoms with van der Waals surface area (Å²) in [4.78, 5) is 23.1. The highest BCUT2D eigenvalue weighted by atomic mass is 16.5. The molecule has 8 heteroatoms. The molecule has 0 radical (unpaired) electrons. The van der Waals surface area contributed by atoms with Gasteiger partial charge in [-0.05, 0) is 18.4 Å². The smallest absolute Gasteiger partial charge is 0.407 e. The maximum Gasteiger partial charge on any atom is 0.407 e. The first-order valence-corrected chi connectivity index (χ1v) is 8.59. The number of amides is 2. The van der Waals surface area contributed by atoms with Gasteiger partial charge in [-0.1, -0.05) is 30.3 Å². The average molecular weight is 357 g/mol. The Bertz CT molecular complexity index is 740. The molecule has 0 saturated heterocycles. The van der Waals surface area contributed by atoms with E-state index in [4.69, 9.17) is 4.74 Å². The van der Waals surface area contributed by atoms with Gasteiger partial charge in [-0.15, -0.1) is 0 Å². The number of nitrogens with one attached hydrogen (secondary N) is 3. The molecule has 8 nitrogen and oxygen atoms in total. The van der Waals surface area contributed by atoms with Gasteiger partial charge in [-0.3, -0.25) is 9.48 Å². The molecular formula is C18H23N5O3. The van der Waals surface area contributed by atoms with Crippen LogP contribution in [0, 0.1) is 0 Å². The third-order valence-electron chi connectivity index (χ3n) is 4.26. The number of hydrogen-bond acceptors (Lipinski definition) is 5. The summed E-state index contributed by atoms with van der Waals surface area (Å²) in [6.07, 6.45) is 4.74. The third-order valence-corrected chi connectivity index (χ3v) is 4.26. The number of anilines is 1. The molecule has 26 heavy (non-hydrogen) atoms. The van der Waals surface area contributed by atoms with Gasteiger partial charge in [0.15, 0.2) is 0 Å². The van der Waals surface area contributed by atoms with E-state index in [0.29, 0.717) is 0 Å². The van der Waals surface area contributed by atoms with Crippen LogP contribution in [-0.2, 0) is 22.7 Å². The minimum atomic E-state index is -0.393. The van der Waals surface area contributed by atoms with Gasteiger partial charge in [0.1, 0.15) is 13.2 Å². The predicted octanol–water partition coefficient (Wildman–Crippen LogP) is 1.50. The summed E-state index contributed by atoms with van der Waals surface area (Å²) < 4.78 is 6.80. The molecule has 0 spiro atoms. The lowest BCUT2D eigenvalue weighted by Crippen LogP contribution is -2.49. The summed E-state index contributed by atoms with van der Waals surface area (Å²) in [6.45, 7) is 0.464. The number of nitrogens with zero attached hydrogens (tertiary/aromatic N) is 2. The highest BCUT2D eigenvalue weighted by molar-refractivity contribution is 5.75. The van der Waals surface area contributed by atoms with Gasteiger partial charge in [-0.25, -0.2) is 4.79 Å². The van der Waals surface area contributed by atoms with Crippen molar-refractivity contribution >= 4 is 17.7 Å². The van der Waals surface area contributed by atoms with E-state index in [9.17, 15) is 9.59 Å². The molecule has 0 aliphatic heterocycles. The molecule has 2 aromatic rings. The van der Waals surface area contributed by atoms with Crippen LogP contribution >= 0.6 is 0 Å². The van der Waals surface area contributed by atoms with Crippen LogP contribution in [0.5, 0.6) is 0 Å². The van der Waals surface area contributed by atoms with Gasteiger partial charge in [0, 0.05) is 25.3 Å². The Morgan fingerprint density at radius 3 is 2.73 bits per heavy atom. The second-order valence-electron chi connectivity index (χ2n) is 6.32. The summed E-state index contributed by atoms with van der Waals surface area (Å²) in [5.41, 5.74) is 1.83. The molecule has 1 aromatic carbocycles. The van der Waals surface area contributed by atoms with E-state index in [-0.39, 0.29) is 31.1 Å². The normalized spacial score (nSPS) is 18.5. The lowest BCUT2D eigenvalue weighted by Gasteiger charge is -2.36. The zero-order valence-corrected chi connectivity index (χ0v) is 14.6. The minimum Gasteiger partial charge on any atom is -0.445 e. The van der Waals surface area contributed by atoms with Gasteiger partial charge in [0.2, 0.25) is 5.91 Å². The first kappa shape index (κ1) is 17.8. The SMILES string of the molecule is CNC(=O)Cn1cc(NC2CC(NC(=O)OCc3ccccc3)C2)cn1. The molecular weight excluding hydrogens is 334 g/mol. The van der Waals surface area contributed by atoms with E-state index in [2.05, 4.69) is 21.0 Å². The standard InChI is InChI=1S/C18H23N5O3/c1-19-17(24)11-23-10-16(9-20-23)21-14-7-15(8-14)22-18(25)26-12-13-5-3-2-4-6-13/h2-6,9-10,14-15,21H,7-8,11-12H2,1H3,(H,19,24)(H,22,25). The molecule has 2 amide bonds. The summed E-state index contributed by atoms with van der Waals surface area (Å²) in [5.74, 6) is -0.0958. The molecule has 1 heterocycles. The van der Waals surface area contributed by atoms with Gasteiger partial charge >= 0.3 is 6.09 Å². The summed E-state index contributed by atoms with van der Waals surface area (Å²) in [6, 6.07) is 9.96. The van der Waals surface area contributed by atoms with Crippen molar-refractivity contribution in [1.29, 1.82) is 0 Å². The fourth-order valence-corrected chi connectivity index (χ4v) is 2.77. The molecule has 1 saturated carbocycles. The second-order valence-corrected chi connectivity index (χ2v) is 6.32. The summed E-state index contributed by atoms with van der Waals surface area (Å²) in [7, 11) is 1.59. The first-order valence-electron chi connectivity index (χ1n) is 8.59. The number of hydrogen-bond donors (Lipinski definition) is 3. The fourth-order valence-electron chi connectivity index (χ4n) is 2.77. The molecule has 0 bridgehead atoms. The van der Waals surface area contributed by atoms with Crippen molar-refractivity contribution in [2.75, 3.05) is 12.4 Å². The van der Waals surface area contributed by atoms with E-state index in [1.807, 2.05) is 30.3 Å². The van der Waals surface area contributed by atoms with Crippen LogP contribution in [0.1, 0.15) is 18.4 Å². The van der Waals surface area contributed by atoms with Crippen molar-refractivity contribution in [3.63, 3.8) is 0 Å². The number of ether oxygens (including phenoxy) is 1. The molecule has 3 N–H and O–H groups in total. The molecule has 0 atom stereocenters. The van der Waals surface area contributed by atoms with Gasteiger partial charge in [0.05, 0.1) is 11.9 Å². The number of carbonyl (C=O) groups excluding carboxylic acids is 2. The maximum atomic E-state index is 11.8. The summed E-state index contributed by atoms with van der Waals surface area (Å²) in [5, 5.41) is 12.9. The van der Waals surface area contributed by atoms with Crippen LogP contribution in [0.2, 0.25) is 0 Å². The van der Waals surface area contributed by atoms with Crippen LogP contribution in [0.4, 0.5) is 10.5 Å². The zero-order chi connectivity index (χ0) is 18.4. The quantitative estimate of drug-likeness (QED) is 0.698. The predicted molar refractivity (Wildman–Crippen MR) is 96.5 cm³/mol. The van der Waals surface area contributed by atoms with E-state index < -0.39 is 6.09 Å².